The smallest absolute Gasteiger partial charge is 0.0882 e. The van der Waals surface area contributed by atoms with Gasteiger partial charge in [0.2, 0.25) is 0 Å². The van der Waals surface area contributed by atoms with E-state index in [0.29, 0.717) is 17.9 Å². The maximum atomic E-state index is 9.16. The molecule has 0 radical (unpaired) electrons. The van der Waals surface area contributed by atoms with Gasteiger partial charge in [0, 0.05) is 0 Å². The standard InChI is InChI=1S/C12H14N2O2/c15-8-11-6-12(9-16)14(13-11)7-10-4-2-1-3-5-10/h1-6,15-16H,7-9H2. The van der Waals surface area contributed by atoms with Crippen LogP contribution >= 0.6 is 0 Å². The fourth-order valence-electron chi connectivity index (χ4n) is 1.61. The van der Waals surface area contributed by atoms with Gasteiger partial charge in [0.05, 0.1) is 31.1 Å². The van der Waals surface area contributed by atoms with Crippen LogP contribution in [0.3, 0.4) is 0 Å². The Hall–Kier alpha value is -1.65. The van der Waals surface area contributed by atoms with Gasteiger partial charge < -0.3 is 10.2 Å². The van der Waals surface area contributed by atoms with Gasteiger partial charge >= 0.3 is 0 Å². The second kappa shape index (κ2) is 4.92. The molecule has 1 heterocycles. The molecule has 2 aromatic rings. The Balaban J connectivity index is 2.23. The van der Waals surface area contributed by atoms with E-state index in [1.54, 1.807) is 10.7 Å². The van der Waals surface area contributed by atoms with E-state index >= 15 is 0 Å². The van der Waals surface area contributed by atoms with Crippen molar-refractivity contribution in [2.75, 3.05) is 0 Å². The number of aromatic nitrogens is 2. The first-order valence-corrected chi connectivity index (χ1v) is 5.14. The number of aliphatic hydroxyl groups is 2. The normalized spacial score (nSPS) is 10.6. The minimum Gasteiger partial charge on any atom is -0.390 e. The highest BCUT2D eigenvalue weighted by Crippen LogP contribution is 2.08. The molecule has 0 aliphatic rings. The van der Waals surface area contributed by atoms with Crippen LogP contribution < -0.4 is 0 Å². The molecule has 0 spiro atoms. The van der Waals surface area contributed by atoms with Gasteiger partial charge in [-0.2, -0.15) is 5.10 Å². The van der Waals surface area contributed by atoms with Crippen LogP contribution in [0.25, 0.3) is 0 Å². The van der Waals surface area contributed by atoms with E-state index in [-0.39, 0.29) is 13.2 Å². The molecule has 0 amide bonds. The number of aliphatic hydroxyl groups excluding tert-OH is 2. The molecular formula is C12H14N2O2. The lowest BCUT2D eigenvalue weighted by Crippen LogP contribution is -2.06. The molecule has 0 bridgehead atoms. The van der Waals surface area contributed by atoms with Gasteiger partial charge in [-0.1, -0.05) is 30.3 Å². The van der Waals surface area contributed by atoms with Gasteiger partial charge in [0.15, 0.2) is 0 Å². The average molecular weight is 218 g/mol. The highest BCUT2D eigenvalue weighted by Gasteiger charge is 2.06. The quantitative estimate of drug-likeness (QED) is 0.802. The van der Waals surface area contributed by atoms with E-state index in [2.05, 4.69) is 5.10 Å². The van der Waals surface area contributed by atoms with Gasteiger partial charge in [-0.05, 0) is 11.6 Å². The zero-order valence-electron chi connectivity index (χ0n) is 8.87. The summed E-state index contributed by atoms with van der Waals surface area (Å²) in [6, 6.07) is 11.6. The Bertz CT molecular complexity index is 451. The van der Waals surface area contributed by atoms with Gasteiger partial charge in [-0.15, -0.1) is 0 Å². The van der Waals surface area contributed by atoms with Crippen LogP contribution in [-0.2, 0) is 19.8 Å². The van der Waals surface area contributed by atoms with E-state index in [1.807, 2.05) is 30.3 Å². The number of hydrogen-bond acceptors (Lipinski definition) is 3. The first kappa shape index (κ1) is 10.9. The molecule has 2 N–H and O–H groups in total. The molecule has 4 nitrogen and oxygen atoms in total. The molecule has 4 heteroatoms. The number of nitrogens with zero attached hydrogens (tertiary/aromatic N) is 2. The largest absolute Gasteiger partial charge is 0.390 e. The van der Waals surface area contributed by atoms with E-state index < -0.39 is 0 Å². The van der Waals surface area contributed by atoms with Crippen LogP contribution in [0.1, 0.15) is 17.0 Å². The highest BCUT2D eigenvalue weighted by molar-refractivity contribution is 5.17. The van der Waals surface area contributed by atoms with Crippen LogP contribution in [0.5, 0.6) is 0 Å². The van der Waals surface area contributed by atoms with Crippen molar-refractivity contribution in [1.29, 1.82) is 0 Å². The zero-order valence-corrected chi connectivity index (χ0v) is 8.87. The van der Waals surface area contributed by atoms with Crippen LogP contribution in [0.15, 0.2) is 36.4 Å². The molecule has 2 rings (SSSR count). The monoisotopic (exact) mass is 218 g/mol. The van der Waals surface area contributed by atoms with E-state index in [4.69, 9.17) is 10.2 Å². The first-order valence-electron chi connectivity index (χ1n) is 5.14. The predicted octanol–water partition coefficient (Wildman–Crippen LogP) is 0.916. The van der Waals surface area contributed by atoms with Crippen molar-refractivity contribution < 1.29 is 10.2 Å². The Labute approximate surface area is 93.8 Å². The van der Waals surface area contributed by atoms with E-state index in [1.165, 1.54) is 0 Å². The van der Waals surface area contributed by atoms with Crippen molar-refractivity contribution in [2.24, 2.45) is 0 Å². The third-order valence-corrected chi connectivity index (χ3v) is 2.41. The summed E-state index contributed by atoms with van der Waals surface area (Å²) in [6.07, 6.45) is 0. The predicted molar refractivity (Wildman–Crippen MR) is 59.6 cm³/mol. The Morgan fingerprint density at radius 3 is 2.44 bits per heavy atom. The summed E-state index contributed by atoms with van der Waals surface area (Å²) in [5.74, 6) is 0. The summed E-state index contributed by atoms with van der Waals surface area (Å²) in [5.41, 5.74) is 2.41. The molecule has 1 aromatic carbocycles. The molecule has 0 aliphatic carbocycles. The molecule has 0 fully saturated rings. The van der Waals surface area contributed by atoms with Crippen molar-refractivity contribution in [2.45, 2.75) is 19.8 Å². The Kier molecular flexibility index (Phi) is 3.34. The fourth-order valence-corrected chi connectivity index (χ4v) is 1.61. The van der Waals surface area contributed by atoms with Crippen LogP contribution in [0.2, 0.25) is 0 Å². The van der Waals surface area contributed by atoms with Crippen molar-refractivity contribution >= 4 is 0 Å². The topological polar surface area (TPSA) is 58.3 Å². The van der Waals surface area contributed by atoms with E-state index in [9.17, 15) is 0 Å². The summed E-state index contributed by atoms with van der Waals surface area (Å²) in [5, 5.41) is 22.3. The number of benzene rings is 1. The molecule has 0 unspecified atom stereocenters. The maximum Gasteiger partial charge on any atom is 0.0882 e. The fraction of sp³-hybridized carbons (Fsp3) is 0.250. The molecule has 16 heavy (non-hydrogen) atoms. The summed E-state index contributed by atoms with van der Waals surface area (Å²) in [6.45, 7) is 0.436. The summed E-state index contributed by atoms with van der Waals surface area (Å²) in [7, 11) is 0. The molecule has 0 aliphatic heterocycles. The molecule has 0 saturated carbocycles. The van der Waals surface area contributed by atoms with Gasteiger partial charge in [-0.25, -0.2) is 0 Å². The van der Waals surface area contributed by atoms with Crippen LogP contribution in [0.4, 0.5) is 0 Å². The second-order valence-electron chi connectivity index (χ2n) is 3.59. The molecule has 1 aromatic heterocycles. The zero-order chi connectivity index (χ0) is 11.4. The second-order valence-corrected chi connectivity index (χ2v) is 3.59. The minimum absolute atomic E-state index is 0.0696. The third kappa shape index (κ3) is 2.29. The number of rotatable bonds is 4. The average Bonchev–Trinajstić information content (AvgIpc) is 2.73. The maximum absolute atomic E-state index is 9.16. The SMILES string of the molecule is OCc1cc(CO)n(Cc2ccccc2)n1. The molecule has 84 valence electrons. The first-order chi connectivity index (χ1) is 7.83. The summed E-state index contributed by atoms with van der Waals surface area (Å²) >= 11 is 0. The number of hydrogen-bond donors (Lipinski definition) is 2. The lowest BCUT2D eigenvalue weighted by Gasteiger charge is -2.05. The highest BCUT2D eigenvalue weighted by atomic mass is 16.3. The van der Waals surface area contributed by atoms with Crippen molar-refractivity contribution in [3.8, 4) is 0 Å². The lowest BCUT2D eigenvalue weighted by atomic mass is 10.2. The third-order valence-electron chi connectivity index (χ3n) is 2.41. The molecule has 0 atom stereocenters. The lowest BCUT2D eigenvalue weighted by molar-refractivity contribution is 0.268. The minimum atomic E-state index is -0.102. The van der Waals surface area contributed by atoms with Gasteiger partial charge in [0.1, 0.15) is 0 Å². The van der Waals surface area contributed by atoms with E-state index in [0.717, 1.165) is 5.56 Å². The molecule has 0 saturated heterocycles. The van der Waals surface area contributed by atoms with Crippen molar-refractivity contribution in [3.05, 3.63) is 53.3 Å². The summed E-state index contributed by atoms with van der Waals surface area (Å²) < 4.78 is 1.71. The van der Waals surface area contributed by atoms with Crippen LogP contribution in [-0.4, -0.2) is 20.0 Å². The Morgan fingerprint density at radius 1 is 1.06 bits per heavy atom. The Morgan fingerprint density at radius 2 is 1.81 bits per heavy atom. The summed E-state index contributed by atoms with van der Waals surface area (Å²) in [4.78, 5) is 0. The van der Waals surface area contributed by atoms with Gasteiger partial charge in [-0.3, -0.25) is 4.68 Å². The van der Waals surface area contributed by atoms with Gasteiger partial charge in [0.25, 0.3) is 0 Å². The molecular weight excluding hydrogens is 204 g/mol. The van der Waals surface area contributed by atoms with Crippen molar-refractivity contribution in [1.82, 2.24) is 9.78 Å². The van der Waals surface area contributed by atoms with Crippen molar-refractivity contribution in [3.63, 3.8) is 0 Å². The van der Waals surface area contributed by atoms with Crippen LogP contribution in [0, 0.1) is 0 Å².